The van der Waals surface area contributed by atoms with Gasteiger partial charge in [-0.05, 0) is 42.0 Å². The van der Waals surface area contributed by atoms with Gasteiger partial charge in [-0.1, -0.05) is 17.7 Å². The molecule has 0 radical (unpaired) electrons. The summed E-state index contributed by atoms with van der Waals surface area (Å²) in [7, 11) is 1.51. The third-order valence-corrected chi connectivity index (χ3v) is 4.89. The van der Waals surface area contributed by atoms with Crippen LogP contribution in [0.3, 0.4) is 0 Å². The molecule has 0 fully saturated rings. The smallest absolute Gasteiger partial charge is 0.216 e. The third-order valence-electron chi connectivity index (χ3n) is 4.66. The molecule has 0 bridgehead atoms. The molecule has 1 aliphatic heterocycles. The minimum atomic E-state index is -0.554. The van der Waals surface area contributed by atoms with Crippen LogP contribution in [0.4, 0.5) is 4.39 Å². The van der Waals surface area contributed by atoms with Crippen LogP contribution in [0.15, 0.2) is 59.9 Å². The summed E-state index contributed by atoms with van der Waals surface area (Å²) in [5.74, 6) is 0.736. The first-order valence-electron chi connectivity index (χ1n) is 8.70. The Hall–Kier alpha value is -3.45. The monoisotopic (exact) mass is 410 g/mol. The Morgan fingerprint density at radius 3 is 2.86 bits per heavy atom. The summed E-state index contributed by atoms with van der Waals surface area (Å²) in [5.41, 5.74) is 8.38. The molecule has 8 heteroatoms. The van der Waals surface area contributed by atoms with Gasteiger partial charge in [0.15, 0.2) is 11.7 Å². The number of carbonyl (C=O) groups excluding carboxylic acids is 1. The van der Waals surface area contributed by atoms with Crippen molar-refractivity contribution < 1.29 is 13.9 Å². The number of amides is 1. The molecule has 0 spiro atoms. The molecule has 1 atom stereocenters. The Bertz CT molecular complexity index is 1140. The van der Waals surface area contributed by atoms with E-state index in [4.69, 9.17) is 22.1 Å². The first-order chi connectivity index (χ1) is 14.0. The highest BCUT2D eigenvalue weighted by Crippen LogP contribution is 2.46. The minimum absolute atomic E-state index is 0.0416. The predicted molar refractivity (Wildman–Crippen MR) is 108 cm³/mol. The highest BCUT2D eigenvalue weighted by molar-refractivity contribution is 6.30. The zero-order valence-electron chi connectivity index (χ0n) is 15.3. The molecule has 2 heterocycles. The molecular weight excluding hydrogens is 395 g/mol. The van der Waals surface area contributed by atoms with Gasteiger partial charge in [0.2, 0.25) is 6.41 Å². The Labute approximate surface area is 171 Å². The second kappa shape index (κ2) is 7.52. The molecule has 0 saturated carbocycles. The number of hydrogen-bond acceptors (Lipinski definition) is 4. The van der Waals surface area contributed by atoms with Gasteiger partial charge < -0.3 is 10.5 Å². The highest BCUT2D eigenvalue weighted by atomic mass is 35.5. The number of nitrogens with zero attached hydrogens (tertiary/aromatic N) is 3. The van der Waals surface area contributed by atoms with Crippen molar-refractivity contribution in [1.82, 2.24) is 9.88 Å². The maximum Gasteiger partial charge on any atom is 0.216 e. The van der Waals surface area contributed by atoms with Crippen LogP contribution in [0.25, 0.3) is 11.1 Å². The van der Waals surface area contributed by atoms with Gasteiger partial charge in [0.25, 0.3) is 0 Å². The van der Waals surface area contributed by atoms with E-state index in [0.29, 0.717) is 39.6 Å². The van der Waals surface area contributed by atoms with Gasteiger partial charge in [-0.15, -0.1) is 0 Å². The number of ether oxygens (including phenoxy) is 1. The lowest BCUT2D eigenvalue weighted by Crippen LogP contribution is -2.33. The molecule has 146 valence electrons. The highest BCUT2D eigenvalue weighted by Gasteiger charge is 2.28. The fraction of sp³-hybridized carbons (Fsp3) is 0.0952. The average Bonchev–Trinajstić information content (AvgIpc) is 2.74. The molecule has 2 N–H and O–H groups in total. The SMILES string of the molecule is CN(C=O)/C(N)=N\C1c2ccncc2Oc2ccc(-c3cc(Cl)ccc3F)cc21. The first kappa shape index (κ1) is 18.9. The number of pyridine rings is 1. The molecule has 4 rings (SSSR count). The summed E-state index contributed by atoms with van der Waals surface area (Å²) in [4.78, 5) is 20.9. The Balaban J connectivity index is 1.88. The summed E-state index contributed by atoms with van der Waals surface area (Å²) >= 11 is 6.05. The number of guanidine groups is 1. The number of benzene rings is 2. The van der Waals surface area contributed by atoms with Crippen LogP contribution in [0.2, 0.25) is 5.02 Å². The first-order valence-corrected chi connectivity index (χ1v) is 9.08. The lowest BCUT2D eigenvalue weighted by Gasteiger charge is -2.27. The van der Waals surface area contributed by atoms with Crippen molar-refractivity contribution in [3.05, 3.63) is 76.8 Å². The van der Waals surface area contributed by atoms with Crippen molar-refractivity contribution in [2.45, 2.75) is 6.04 Å². The van der Waals surface area contributed by atoms with Gasteiger partial charge >= 0.3 is 0 Å². The van der Waals surface area contributed by atoms with E-state index in [2.05, 4.69) is 9.98 Å². The summed E-state index contributed by atoms with van der Waals surface area (Å²) in [5, 5.41) is 0.429. The number of aliphatic imine (C=N–C) groups is 1. The Morgan fingerprint density at radius 2 is 2.07 bits per heavy atom. The average molecular weight is 411 g/mol. The molecule has 0 aliphatic carbocycles. The van der Waals surface area contributed by atoms with Crippen molar-refractivity contribution in [2.75, 3.05) is 7.05 Å². The van der Waals surface area contributed by atoms with E-state index in [9.17, 15) is 9.18 Å². The zero-order valence-corrected chi connectivity index (χ0v) is 16.1. The number of rotatable bonds is 3. The molecule has 1 unspecified atom stereocenters. The van der Waals surface area contributed by atoms with E-state index in [1.165, 1.54) is 24.1 Å². The second-order valence-corrected chi connectivity index (χ2v) is 6.93. The van der Waals surface area contributed by atoms with Crippen molar-refractivity contribution in [3.8, 4) is 22.6 Å². The minimum Gasteiger partial charge on any atom is -0.455 e. The lowest BCUT2D eigenvalue weighted by atomic mass is 9.92. The van der Waals surface area contributed by atoms with E-state index >= 15 is 0 Å². The van der Waals surface area contributed by atoms with Crippen LogP contribution in [0.5, 0.6) is 11.5 Å². The Kier molecular flexibility index (Phi) is 4.90. The predicted octanol–water partition coefficient (Wildman–Crippen LogP) is 4.14. The molecule has 29 heavy (non-hydrogen) atoms. The van der Waals surface area contributed by atoms with Crippen molar-refractivity contribution in [2.24, 2.45) is 10.7 Å². The lowest BCUT2D eigenvalue weighted by molar-refractivity contribution is -0.114. The van der Waals surface area contributed by atoms with E-state index in [1.54, 1.807) is 42.7 Å². The van der Waals surface area contributed by atoms with Crippen LogP contribution in [0.1, 0.15) is 17.2 Å². The summed E-state index contributed by atoms with van der Waals surface area (Å²) < 4.78 is 20.3. The van der Waals surface area contributed by atoms with Gasteiger partial charge in [-0.3, -0.25) is 14.7 Å². The zero-order chi connectivity index (χ0) is 20.5. The van der Waals surface area contributed by atoms with Crippen LogP contribution in [0, 0.1) is 5.82 Å². The topological polar surface area (TPSA) is 80.8 Å². The number of fused-ring (bicyclic) bond motifs is 2. The number of halogens is 2. The van der Waals surface area contributed by atoms with Crippen molar-refractivity contribution in [1.29, 1.82) is 0 Å². The van der Waals surface area contributed by atoms with Crippen LogP contribution in [-0.2, 0) is 4.79 Å². The summed E-state index contributed by atoms with van der Waals surface area (Å²) in [6, 6.07) is 10.9. The largest absolute Gasteiger partial charge is 0.455 e. The Morgan fingerprint density at radius 1 is 1.24 bits per heavy atom. The molecule has 0 saturated heterocycles. The maximum absolute atomic E-state index is 14.4. The van der Waals surface area contributed by atoms with Crippen LogP contribution >= 0.6 is 11.6 Å². The van der Waals surface area contributed by atoms with Crippen LogP contribution < -0.4 is 10.5 Å². The third kappa shape index (κ3) is 3.52. The van der Waals surface area contributed by atoms with Crippen molar-refractivity contribution >= 4 is 24.0 Å². The van der Waals surface area contributed by atoms with E-state index < -0.39 is 11.9 Å². The normalized spacial score (nSPS) is 15.1. The molecule has 1 aromatic heterocycles. The molecule has 2 aromatic carbocycles. The van der Waals surface area contributed by atoms with Gasteiger partial charge in [-0.2, -0.15) is 0 Å². The fourth-order valence-electron chi connectivity index (χ4n) is 3.15. The molecule has 6 nitrogen and oxygen atoms in total. The summed E-state index contributed by atoms with van der Waals surface area (Å²) in [6.45, 7) is 0. The summed E-state index contributed by atoms with van der Waals surface area (Å²) in [6.07, 6.45) is 3.78. The second-order valence-electron chi connectivity index (χ2n) is 6.50. The fourth-order valence-corrected chi connectivity index (χ4v) is 3.32. The van der Waals surface area contributed by atoms with Gasteiger partial charge in [0, 0.05) is 35.0 Å². The molecule has 1 amide bonds. The van der Waals surface area contributed by atoms with E-state index in [-0.39, 0.29) is 5.96 Å². The van der Waals surface area contributed by atoms with Crippen LogP contribution in [-0.4, -0.2) is 29.3 Å². The van der Waals surface area contributed by atoms with Gasteiger partial charge in [-0.25, -0.2) is 9.38 Å². The standard InChI is InChI=1S/C21H16ClFN4O2/c1-27(11-28)21(24)26-20-14-6-7-25-10-19(14)29-18-5-2-12(8-16(18)20)15-9-13(22)3-4-17(15)23/h2-11,20H,1H3,(H2,24,26). The van der Waals surface area contributed by atoms with Gasteiger partial charge in [0.05, 0.1) is 6.20 Å². The van der Waals surface area contributed by atoms with E-state index in [1.807, 2.05) is 0 Å². The van der Waals surface area contributed by atoms with E-state index in [0.717, 1.165) is 5.56 Å². The number of nitrogens with two attached hydrogens (primary N) is 1. The quantitative estimate of drug-likeness (QED) is 0.400. The number of aromatic nitrogens is 1. The molecular formula is C21H16ClFN4O2. The van der Waals surface area contributed by atoms with Gasteiger partial charge in [0.1, 0.15) is 17.6 Å². The molecule has 3 aromatic rings. The van der Waals surface area contributed by atoms with Crippen molar-refractivity contribution in [3.63, 3.8) is 0 Å². The number of carbonyl (C=O) groups is 1. The molecule has 1 aliphatic rings. The maximum atomic E-state index is 14.4. The number of hydrogen-bond donors (Lipinski definition) is 1.